The normalized spacial score (nSPS) is 13.9. The summed E-state index contributed by atoms with van der Waals surface area (Å²) in [5.41, 5.74) is 2.47. The summed E-state index contributed by atoms with van der Waals surface area (Å²) in [5.74, 6) is 0. The van der Waals surface area contributed by atoms with Gasteiger partial charge in [0.1, 0.15) is 5.01 Å². The SMILES string of the molecule is OCCN(Cc1cccnc1)Cc1nc2c(s1)CCC2. The molecule has 1 N–H and O–H groups in total. The summed E-state index contributed by atoms with van der Waals surface area (Å²) in [5, 5.41) is 10.4. The van der Waals surface area contributed by atoms with Crippen LogP contribution in [0.5, 0.6) is 0 Å². The molecule has 2 heterocycles. The van der Waals surface area contributed by atoms with Crippen LogP contribution >= 0.6 is 11.3 Å². The van der Waals surface area contributed by atoms with Crippen LogP contribution in [0.4, 0.5) is 0 Å². The monoisotopic (exact) mass is 289 g/mol. The van der Waals surface area contributed by atoms with Crippen LogP contribution in [-0.2, 0) is 25.9 Å². The maximum atomic E-state index is 9.24. The molecule has 0 aliphatic heterocycles. The van der Waals surface area contributed by atoms with E-state index in [0.29, 0.717) is 6.54 Å². The standard InChI is InChI=1S/C15H19N3OS/c19-8-7-18(10-12-3-2-6-16-9-12)11-15-17-13-4-1-5-14(13)20-15/h2-3,6,9,19H,1,4-5,7-8,10-11H2. The van der Waals surface area contributed by atoms with Crippen LogP contribution in [0.1, 0.15) is 27.6 Å². The van der Waals surface area contributed by atoms with E-state index in [2.05, 4.69) is 16.0 Å². The van der Waals surface area contributed by atoms with Gasteiger partial charge < -0.3 is 5.11 Å². The topological polar surface area (TPSA) is 49.2 Å². The van der Waals surface area contributed by atoms with Gasteiger partial charge >= 0.3 is 0 Å². The molecule has 20 heavy (non-hydrogen) atoms. The molecule has 2 aromatic heterocycles. The molecule has 0 saturated carbocycles. The zero-order chi connectivity index (χ0) is 13.8. The lowest BCUT2D eigenvalue weighted by Gasteiger charge is -2.19. The van der Waals surface area contributed by atoms with E-state index in [1.165, 1.54) is 34.0 Å². The molecule has 0 saturated heterocycles. The largest absolute Gasteiger partial charge is 0.395 e. The summed E-state index contributed by atoms with van der Waals surface area (Å²) in [6.45, 7) is 2.45. The number of nitrogens with zero attached hydrogens (tertiary/aromatic N) is 3. The van der Waals surface area contributed by atoms with Crippen molar-refractivity contribution in [2.45, 2.75) is 32.4 Å². The molecule has 4 nitrogen and oxygen atoms in total. The van der Waals surface area contributed by atoms with Gasteiger partial charge in [-0.1, -0.05) is 6.07 Å². The predicted octanol–water partition coefficient (Wildman–Crippen LogP) is 2.02. The average molecular weight is 289 g/mol. The number of pyridine rings is 1. The summed E-state index contributed by atoms with van der Waals surface area (Å²) in [4.78, 5) is 12.6. The quantitative estimate of drug-likeness (QED) is 0.884. The van der Waals surface area contributed by atoms with Gasteiger partial charge in [-0.05, 0) is 30.9 Å². The second-order valence-corrected chi connectivity index (χ2v) is 6.29. The molecule has 2 aromatic rings. The van der Waals surface area contributed by atoms with E-state index in [4.69, 9.17) is 4.98 Å². The molecule has 0 unspecified atom stereocenters. The minimum Gasteiger partial charge on any atom is -0.395 e. The van der Waals surface area contributed by atoms with E-state index in [-0.39, 0.29) is 6.61 Å². The Morgan fingerprint density at radius 3 is 3.00 bits per heavy atom. The number of fused-ring (bicyclic) bond motifs is 1. The molecule has 0 bridgehead atoms. The molecule has 3 rings (SSSR count). The number of aliphatic hydroxyl groups is 1. The highest BCUT2D eigenvalue weighted by Gasteiger charge is 2.18. The molecular weight excluding hydrogens is 270 g/mol. The summed E-state index contributed by atoms with van der Waals surface area (Å²) >= 11 is 1.84. The van der Waals surface area contributed by atoms with Gasteiger partial charge in [-0.3, -0.25) is 9.88 Å². The third-order valence-electron chi connectivity index (χ3n) is 3.54. The Hall–Kier alpha value is -1.30. The summed E-state index contributed by atoms with van der Waals surface area (Å²) < 4.78 is 0. The van der Waals surface area contributed by atoms with Crippen LogP contribution < -0.4 is 0 Å². The molecule has 5 heteroatoms. The van der Waals surface area contributed by atoms with Crippen molar-refractivity contribution < 1.29 is 5.11 Å². The van der Waals surface area contributed by atoms with Crippen molar-refractivity contribution in [3.05, 3.63) is 45.7 Å². The number of aliphatic hydroxyl groups excluding tert-OH is 1. The van der Waals surface area contributed by atoms with Crippen molar-refractivity contribution in [2.24, 2.45) is 0 Å². The van der Waals surface area contributed by atoms with Crippen LogP contribution in [0, 0.1) is 0 Å². The lowest BCUT2D eigenvalue weighted by Crippen LogP contribution is -2.26. The number of aryl methyl sites for hydroxylation is 2. The molecule has 0 amide bonds. The number of aromatic nitrogens is 2. The Kier molecular flexibility index (Phi) is 4.40. The predicted molar refractivity (Wildman–Crippen MR) is 79.6 cm³/mol. The number of hydrogen-bond acceptors (Lipinski definition) is 5. The number of rotatable bonds is 6. The van der Waals surface area contributed by atoms with Crippen LogP contribution in [0.25, 0.3) is 0 Å². The second kappa shape index (κ2) is 6.43. The molecule has 0 atom stereocenters. The van der Waals surface area contributed by atoms with Gasteiger partial charge in [0.25, 0.3) is 0 Å². The summed E-state index contributed by atoms with van der Waals surface area (Å²) in [6, 6.07) is 4.02. The van der Waals surface area contributed by atoms with Crippen molar-refractivity contribution in [2.75, 3.05) is 13.2 Å². The number of thiazole rings is 1. The first-order valence-electron chi connectivity index (χ1n) is 7.05. The van der Waals surface area contributed by atoms with E-state index in [9.17, 15) is 5.11 Å². The Labute approximate surface area is 123 Å². The fourth-order valence-corrected chi connectivity index (χ4v) is 3.81. The van der Waals surface area contributed by atoms with E-state index < -0.39 is 0 Å². The Morgan fingerprint density at radius 2 is 2.25 bits per heavy atom. The molecule has 0 fully saturated rings. The molecule has 0 spiro atoms. The minimum atomic E-state index is 0.172. The maximum Gasteiger partial charge on any atom is 0.107 e. The highest BCUT2D eigenvalue weighted by molar-refractivity contribution is 7.11. The zero-order valence-corrected chi connectivity index (χ0v) is 12.3. The fraction of sp³-hybridized carbons (Fsp3) is 0.467. The van der Waals surface area contributed by atoms with Gasteiger partial charge in [-0.2, -0.15) is 0 Å². The molecular formula is C15H19N3OS. The lowest BCUT2D eigenvalue weighted by molar-refractivity contribution is 0.184. The Bertz CT molecular complexity index is 534. The zero-order valence-electron chi connectivity index (χ0n) is 11.5. The smallest absolute Gasteiger partial charge is 0.107 e. The second-order valence-electron chi connectivity index (χ2n) is 5.13. The van der Waals surface area contributed by atoms with Crippen LogP contribution in [0.3, 0.4) is 0 Å². The van der Waals surface area contributed by atoms with E-state index in [0.717, 1.165) is 19.5 Å². The van der Waals surface area contributed by atoms with Crippen molar-refractivity contribution in [1.82, 2.24) is 14.9 Å². The van der Waals surface area contributed by atoms with Gasteiger partial charge in [-0.25, -0.2) is 4.98 Å². The fourth-order valence-electron chi connectivity index (χ4n) is 2.61. The Morgan fingerprint density at radius 1 is 1.30 bits per heavy atom. The first-order valence-corrected chi connectivity index (χ1v) is 7.86. The van der Waals surface area contributed by atoms with Crippen molar-refractivity contribution in [3.8, 4) is 0 Å². The van der Waals surface area contributed by atoms with Crippen LogP contribution in [-0.4, -0.2) is 33.1 Å². The first-order chi connectivity index (χ1) is 9.85. The van der Waals surface area contributed by atoms with Crippen LogP contribution in [0.15, 0.2) is 24.5 Å². The Balaban J connectivity index is 1.67. The van der Waals surface area contributed by atoms with Gasteiger partial charge in [0, 0.05) is 30.4 Å². The van der Waals surface area contributed by atoms with Gasteiger partial charge in [0.2, 0.25) is 0 Å². The third-order valence-corrected chi connectivity index (χ3v) is 4.69. The van der Waals surface area contributed by atoms with Gasteiger partial charge in [0.05, 0.1) is 18.8 Å². The molecule has 0 aromatic carbocycles. The first kappa shape index (κ1) is 13.7. The molecule has 1 aliphatic rings. The van der Waals surface area contributed by atoms with Gasteiger partial charge in [0.15, 0.2) is 0 Å². The van der Waals surface area contributed by atoms with E-state index in [1.54, 1.807) is 6.20 Å². The number of hydrogen-bond donors (Lipinski definition) is 1. The molecule has 0 radical (unpaired) electrons. The molecule has 1 aliphatic carbocycles. The highest BCUT2D eigenvalue weighted by atomic mass is 32.1. The molecule has 106 valence electrons. The average Bonchev–Trinajstić information content (AvgIpc) is 3.01. The summed E-state index contributed by atoms with van der Waals surface area (Å²) in [6.07, 6.45) is 7.24. The minimum absolute atomic E-state index is 0.172. The summed E-state index contributed by atoms with van der Waals surface area (Å²) in [7, 11) is 0. The maximum absolute atomic E-state index is 9.24. The van der Waals surface area contributed by atoms with E-state index >= 15 is 0 Å². The van der Waals surface area contributed by atoms with Crippen molar-refractivity contribution in [1.29, 1.82) is 0 Å². The van der Waals surface area contributed by atoms with Crippen LogP contribution in [0.2, 0.25) is 0 Å². The lowest BCUT2D eigenvalue weighted by atomic mass is 10.2. The van der Waals surface area contributed by atoms with Crippen molar-refractivity contribution >= 4 is 11.3 Å². The van der Waals surface area contributed by atoms with E-state index in [1.807, 2.05) is 23.6 Å². The van der Waals surface area contributed by atoms with Crippen molar-refractivity contribution in [3.63, 3.8) is 0 Å². The van der Waals surface area contributed by atoms with Gasteiger partial charge in [-0.15, -0.1) is 11.3 Å². The third kappa shape index (κ3) is 3.23. The highest BCUT2D eigenvalue weighted by Crippen LogP contribution is 2.28.